The van der Waals surface area contributed by atoms with Crippen molar-refractivity contribution in [3.63, 3.8) is 0 Å². The van der Waals surface area contributed by atoms with Crippen LogP contribution in [0.15, 0.2) is 18.2 Å². The number of carbonyl (C=O) groups excluding carboxylic acids is 1. The Morgan fingerprint density at radius 2 is 2.35 bits per heavy atom. The SMILES string of the molecule is COC(=O)C(C)Nc1nc2cccc(Cl)c2s1. The minimum Gasteiger partial charge on any atom is -0.467 e. The van der Waals surface area contributed by atoms with Crippen LogP contribution >= 0.6 is 22.9 Å². The second-order valence-corrected chi connectivity index (χ2v) is 4.90. The number of aromatic nitrogens is 1. The van der Waals surface area contributed by atoms with Gasteiger partial charge in [-0.3, -0.25) is 0 Å². The molecule has 0 aliphatic rings. The number of anilines is 1. The third-order valence-corrected chi connectivity index (χ3v) is 3.72. The number of hydrogen-bond donors (Lipinski definition) is 1. The van der Waals surface area contributed by atoms with E-state index in [0.717, 1.165) is 10.2 Å². The summed E-state index contributed by atoms with van der Waals surface area (Å²) in [5.74, 6) is -0.324. The number of hydrogen-bond acceptors (Lipinski definition) is 5. The Kier molecular flexibility index (Phi) is 3.49. The normalized spacial score (nSPS) is 12.4. The van der Waals surface area contributed by atoms with Crippen LogP contribution in [-0.2, 0) is 9.53 Å². The highest BCUT2D eigenvalue weighted by molar-refractivity contribution is 7.22. The van der Waals surface area contributed by atoms with E-state index in [9.17, 15) is 4.79 Å². The lowest BCUT2D eigenvalue weighted by molar-refractivity contribution is -0.141. The molecular formula is C11H11ClN2O2S. The van der Waals surface area contributed by atoms with Gasteiger partial charge in [0.2, 0.25) is 0 Å². The maximum absolute atomic E-state index is 11.3. The Labute approximate surface area is 108 Å². The van der Waals surface area contributed by atoms with Gasteiger partial charge in [0.05, 0.1) is 22.3 Å². The first-order valence-corrected chi connectivity index (χ1v) is 6.20. The summed E-state index contributed by atoms with van der Waals surface area (Å²) >= 11 is 7.47. The zero-order chi connectivity index (χ0) is 12.4. The molecule has 90 valence electrons. The van der Waals surface area contributed by atoms with E-state index in [-0.39, 0.29) is 5.97 Å². The van der Waals surface area contributed by atoms with Crippen molar-refractivity contribution in [2.24, 2.45) is 0 Å². The van der Waals surface area contributed by atoms with Crippen LogP contribution in [-0.4, -0.2) is 24.1 Å². The van der Waals surface area contributed by atoms with Crippen molar-refractivity contribution in [2.75, 3.05) is 12.4 Å². The van der Waals surface area contributed by atoms with Crippen LogP contribution in [0, 0.1) is 0 Å². The van der Waals surface area contributed by atoms with E-state index in [2.05, 4.69) is 15.0 Å². The van der Waals surface area contributed by atoms with Gasteiger partial charge in [-0.05, 0) is 19.1 Å². The quantitative estimate of drug-likeness (QED) is 0.872. The third-order valence-electron chi connectivity index (χ3n) is 2.26. The second-order valence-electron chi connectivity index (χ2n) is 3.50. The maximum Gasteiger partial charge on any atom is 0.328 e. The number of halogens is 1. The van der Waals surface area contributed by atoms with Gasteiger partial charge >= 0.3 is 5.97 Å². The first-order chi connectivity index (χ1) is 8.11. The van der Waals surface area contributed by atoms with Crippen LogP contribution < -0.4 is 5.32 Å². The van der Waals surface area contributed by atoms with Crippen molar-refractivity contribution in [1.82, 2.24) is 4.98 Å². The molecule has 0 saturated heterocycles. The number of methoxy groups -OCH3 is 1. The van der Waals surface area contributed by atoms with Crippen molar-refractivity contribution in [1.29, 1.82) is 0 Å². The Morgan fingerprint density at radius 1 is 1.59 bits per heavy atom. The van der Waals surface area contributed by atoms with Crippen LogP contribution in [0.1, 0.15) is 6.92 Å². The molecule has 1 unspecified atom stereocenters. The summed E-state index contributed by atoms with van der Waals surface area (Å²) in [5.41, 5.74) is 0.821. The smallest absolute Gasteiger partial charge is 0.328 e. The fourth-order valence-electron chi connectivity index (χ4n) is 1.40. The molecule has 1 atom stereocenters. The summed E-state index contributed by atoms with van der Waals surface area (Å²) in [6.07, 6.45) is 0. The Morgan fingerprint density at radius 3 is 3.00 bits per heavy atom. The molecule has 0 aliphatic carbocycles. The lowest BCUT2D eigenvalue weighted by Gasteiger charge is -2.09. The lowest BCUT2D eigenvalue weighted by Crippen LogP contribution is -2.26. The molecule has 1 N–H and O–H groups in total. The highest BCUT2D eigenvalue weighted by Gasteiger charge is 2.15. The Bertz CT molecular complexity index is 555. The van der Waals surface area contributed by atoms with Crippen molar-refractivity contribution in [3.8, 4) is 0 Å². The average molecular weight is 271 g/mol. The lowest BCUT2D eigenvalue weighted by atomic mass is 10.3. The van der Waals surface area contributed by atoms with Crippen LogP contribution in [0.25, 0.3) is 10.2 Å². The monoisotopic (exact) mass is 270 g/mol. The van der Waals surface area contributed by atoms with Gasteiger partial charge in [-0.2, -0.15) is 0 Å². The molecule has 0 radical (unpaired) electrons. The van der Waals surface area contributed by atoms with E-state index in [4.69, 9.17) is 11.6 Å². The van der Waals surface area contributed by atoms with Gasteiger partial charge in [-0.25, -0.2) is 9.78 Å². The molecule has 6 heteroatoms. The van der Waals surface area contributed by atoms with Crippen LogP contribution in [0.4, 0.5) is 5.13 Å². The van der Waals surface area contributed by atoms with Gasteiger partial charge in [-0.15, -0.1) is 0 Å². The fourth-order valence-corrected chi connectivity index (χ4v) is 2.64. The zero-order valence-electron chi connectivity index (χ0n) is 9.36. The molecular weight excluding hydrogens is 260 g/mol. The summed E-state index contributed by atoms with van der Waals surface area (Å²) in [5, 5.41) is 4.31. The molecule has 0 fully saturated rings. The number of esters is 1. The van der Waals surface area contributed by atoms with Crippen molar-refractivity contribution in [3.05, 3.63) is 23.2 Å². The largest absolute Gasteiger partial charge is 0.467 e. The molecule has 0 bridgehead atoms. The number of nitrogens with zero attached hydrogens (tertiary/aromatic N) is 1. The number of rotatable bonds is 3. The number of carbonyl (C=O) groups is 1. The maximum atomic E-state index is 11.3. The molecule has 17 heavy (non-hydrogen) atoms. The molecule has 0 spiro atoms. The molecule has 1 aromatic heterocycles. The number of thiazole rings is 1. The average Bonchev–Trinajstić information content (AvgIpc) is 2.72. The van der Waals surface area contributed by atoms with E-state index in [0.29, 0.717) is 10.2 Å². The topological polar surface area (TPSA) is 51.2 Å². The standard InChI is InChI=1S/C11H11ClN2O2S/c1-6(10(15)16-2)13-11-14-8-5-3-4-7(12)9(8)17-11/h3-6H,1-2H3,(H,13,14). The third kappa shape index (κ3) is 2.50. The van der Waals surface area contributed by atoms with Crippen LogP contribution in [0.3, 0.4) is 0 Å². The van der Waals surface area contributed by atoms with E-state index in [1.54, 1.807) is 6.92 Å². The van der Waals surface area contributed by atoms with Gasteiger partial charge in [0.1, 0.15) is 6.04 Å². The number of fused-ring (bicyclic) bond motifs is 1. The highest BCUT2D eigenvalue weighted by Crippen LogP contribution is 2.31. The van der Waals surface area contributed by atoms with E-state index >= 15 is 0 Å². The van der Waals surface area contributed by atoms with Gasteiger partial charge in [0.25, 0.3) is 0 Å². The van der Waals surface area contributed by atoms with Gasteiger partial charge in [-0.1, -0.05) is 29.0 Å². The number of ether oxygens (including phenoxy) is 1. The predicted octanol–water partition coefficient (Wildman–Crippen LogP) is 2.92. The molecule has 1 aromatic carbocycles. The van der Waals surface area contributed by atoms with Crippen LogP contribution in [0.2, 0.25) is 5.02 Å². The Balaban J connectivity index is 2.26. The molecule has 2 aromatic rings. The summed E-state index contributed by atoms with van der Waals surface area (Å²) in [6, 6.07) is 5.11. The predicted molar refractivity (Wildman–Crippen MR) is 69.7 cm³/mol. The van der Waals surface area contributed by atoms with Crippen LogP contribution in [0.5, 0.6) is 0 Å². The van der Waals surface area contributed by atoms with E-state index < -0.39 is 6.04 Å². The summed E-state index contributed by atoms with van der Waals surface area (Å²) < 4.78 is 5.54. The second kappa shape index (κ2) is 4.89. The highest BCUT2D eigenvalue weighted by atomic mass is 35.5. The van der Waals surface area contributed by atoms with Crippen molar-refractivity contribution in [2.45, 2.75) is 13.0 Å². The van der Waals surface area contributed by atoms with Crippen molar-refractivity contribution < 1.29 is 9.53 Å². The minimum absolute atomic E-state index is 0.324. The first-order valence-electron chi connectivity index (χ1n) is 5.01. The molecule has 1 heterocycles. The van der Waals surface area contributed by atoms with Gasteiger partial charge < -0.3 is 10.1 Å². The first kappa shape index (κ1) is 12.1. The molecule has 2 rings (SSSR count). The molecule has 0 amide bonds. The van der Waals surface area contributed by atoms with Gasteiger partial charge in [0.15, 0.2) is 5.13 Å². The molecule has 4 nitrogen and oxygen atoms in total. The number of benzene rings is 1. The fraction of sp³-hybridized carbons (Fsp3) is 0.273. The van der Waals surface area contributed by atoms with Crippen molar-refractivity contribution >= 4 is 44.3 Å². The summed E-state index contributed by atoms with van der Waals surface area (Å²) in [4.78, 5) is 15.6. The Hall–Kier alpha value is -1.33. The number of nitrogens with one attached hydrogen (secondary N) is 1. The summed E-state index contributed by atoms with van der Waals surface area (Å²) in [6.45, 7) is 1.72. The van der Waals surface area contributed by atoms with E-state index in [1.165, 1.54) is 18.4 Å². The van der Waals surface area contributed by atoms with Gasteiger partial charge in [0, 0.05) is 0 Å². The zero-order valence-corrected chi connectivity index (χ0v) is 10.9. The summed E-state index contributed by atoms with van der Waals surface area (Å²) in [7, 11) is 1.36. The minimum atomic E-state index is -0.431. The van der Waals surface area contributed by atoms with E-state index in [1.807, 2.05) is 18.2 Å². The molecule has 0 saturated carbocycles. The molecule has 0 aliphatic heterocycles.